The van der Waals surface area contributed by atoms with Crippen molar-refractivity contribution in [3.8, 4) is 0 Å². The largest absolute Gasteiger partial charge is 0.399 e. The maximum atomic E-state index is 11.3. The molecule has 6 heteroatoms. The number of carbonyl (C=O) groups excluding carboxylic acids is 1. The number of nitrogens with zero attached hydrogens (tertiary/aromatic N) is 2. The average Bonchev–Trinajstić information content (AvgIpc) is 2.45. The van der Waals surface area contributed by atoms with Gasteiger partial charge in [-0.15, -0.1) is 10.2 Å². The Morgan fingerprint density at radius 2 is 2.11 bits per heavy atom. The summed E-state index contributed by atoms with van der Waals surface area (Å²) in [5.41, 5.74) is 7.76. The van der Waals surface area contributed by atoms with Gasteiger partial charge in [-0.05, 0) is 29.8 Å². The number of nitrogens with two attached hydrogens (primary N) is 1. The Balaban J connectivity index is 1.98. The van der Waals surface area contributed by atoms with Crippen molar-refractivity contribution in [1.29, 1.82) is 0 Å². The summed E-state index contributed by atoms with van der Waals surface area (Å²) in [5.74, 6) is 0.352. The second-order valence-electron chi connectivity index (χ2n) is 3.98. The fourth-order valence-electron chi connectivity index (χ4n) is 1.57. The molecule has 6 nitrogen and oxygen atoms in total. The Morgan fingerprint density at radius 1 is 1.26 bits per heavy atom. The van der Waals surface area contributed by atoms with Gasteiger partial charge >= 0.3 is 0 Å². The van der Waals surface area contributed by atoms with E-state index >= 15 is 0 Å². The molecule has 0 bridgehead atoms. The van der Waals surface area contributed by atoms with Crippen LogP contribution in [-0.2, 0) is 6.54 Å². The van der Waals surface area contributed by atoms with Crippen LogP contribution >= 0.6 is 0 Å². The molecule has 0 saturated heterocycles. The monoisotopic (exact) mass is 257 g/mol. The van der Waals surface area contributed by atoms with Gasteiger partial charge in [0.25, 0.3) is 5.91 Å². The number of nitrogens with one attached hydrogen (secondary N) is 2. The zero-order chi connectivity index (χ0) is 13.7. The number of anilines is 2. The summed E-state index contributed by atoms with van der Waals surface area (Å²) in [6.45, 7) is 0.596. The Morgan fingerprint density at radius 3 is 2.74 bits per heavy atom. The molecule has 1 aromatic heterocycles. The number of nitrogen functional groups attached to an aromatic ring is 1. The summed E-state index contributed by atoms with van der Waals surface area (Å²) in [6.07, 6.45) is 0. The standard InChI is InChI=1S/C13H15N5O/c1-15-13(19)11-5-6-12(18-17-11)16-8-9-3-2-4-10(14)7-9/h2-7H,8,14H2,1H3,(H,15,19)(H,16,18). The predicted molar refractivity (Wildman–Crippen MR) is 73.6 cm³/mol. The van der Waals surface area contributed by atoms with Gasteiger partial charge in [0.1, 0.15) is 5.82 Å². The Bertz CT molecular complexity index is 568. The summed E-state index contributed by atoms with van der Waals surface area (Å²) < 4.78 is 0. The number of aromatic nitrogens is 2. The van der Waals surface area contributed by atoms with Crippen LogP contribution in [0, 0.1) is 0 Å². The number of hydrogen-bond donors (Lipinski definition) is 3. The Labute approximate surface area is 111 Å². The van der Waals surface area contributed by atoms with Crippen LogP contribution < -0.4 is 16.4 Å². The molecular weight excluding hydrogens is 242 g/mol. The van der Waals surface area contributed by atoms with Gasteiger partial charge in [0, 0.05) is 19.3 Å². The number of benzene rings is 1. The highest BCUT2D eigenvalue weighted by atomic mass is 16.1. The first-order chi connectivity index (χ1) is 9.19. The van der Waals surface area contributed by atoms with Gasteiger partial charge in [0.2, 0.25) is 0 Å². The summed E-state index contributed by atoms with van der Waals surface area (Å²) in [7, 11) is 1.55. The lowest BCUT2D eigenvalue weighted by molar-refractivity contribution is 0.0957. The van der Waals surface area contributed by atoms with Crippen molar-refractivity contribution in [2.24, 2.45) is 0 Å². The van der Waals surface area contributed by atoms with Gasteiger partial charge in [-0.3, -0.25) is 4.79 Å². The van der Waals surface area contributed by atoms with Crippen LogP contribution in [0.4, 0.5) is 11.5 Å². The average molecular weight is 257 g/mol. The summed E-state index contributed by atoms with van der Waals surface area (Å²) in [5, 5.41) is 13.4. The lowest BCUT2D eigenvalue weighted by atomic mass is 10.2. The third-order valence-corrected chi connectivity index (χ3v) is 2.55. The molecule has 19 heavy (non-hydrogen) atoms. The molecule has 1 heterocycles. The van der Waals surface area contributed by atoms with Crippen LogP contribution in [0.3, 0.4) is 0 Å². The maximum absolute atomic E-state index is 11.3. The van der Waals surface area contributed by atoms with Gasteiger partial charge in [-0.1, -0.05) is 12.1 Å². The summed E-state index contributed by atoms with van der Waals surface area (Å²) >= 11 is 0. The van der Waals surface area contributed by atoms with E-state index in [1.165, 1.54) is 0 Å². The van der Waals surface area contributed by atoms with Crippen molar-refractivity contribution in [3.05, 3.63) is 47.7 Å². The van der Waals surface area contributed by atoms with Gasteiger partial charge in [-0.25, -0.2) is 0 Å². The molecule has 0 aliphatic rings. The number of carbonyl (C=O) groups is 1. The molecule has 0 unspecified atom stereocenters. The van der Waals surface area contributed by atoms with Crippen LogP contribution in [-0.4, -0.2) is 23.2 Å². The molecule has 2 rings (SSSR count). The van der Waals surface area contributed by atoms with E-state index in [2.05, 4.69) is 20.8 Å². The van der Waals surface area contributed by atoms with Crippen molar-refractivity contribution in [2.75, 3.05) is 18.1 Å². The first kappa shape index (κ1) is 12.8. The summed E-state index contributed by atoms with van der Waals surface area (Å²) in [6, 6.07) is 10.9. The lowest BCUT2D eigenvalue weighted by Gasteiger charge is -2.06. The molecule has 0 radical (unpaired) electrons. The van der Waals surface area contributed by atoms with E-state index in [-0.39, 0.29) is 11.6 Å². The smallest absolute Gasteiger partial charge is 0.271 e. The SMILES string of the molecule is CNC(=O)c1ccc(NCc2cccc(N)c2)nn1. The minimum Gasteiger partial charge on any atom is -0.399 e. The van der Waals surface area contributed by atoms with Crippen LogP contribution in [0.5, 0.6) is 0 Å². The minimum absolute atomic E-state index is 0.255. The Kier molecular flexibility index (Phi) is 3.92. The van der Waals surface area contributed by atoms with E-state index < -0.39 is 0 Å². The quantitative estimate of drug-likeness (QED) is 0.711. The van der Waals surface area contributed by atoms with Crippen LogP contribution in [0.1, 0.15) is 16.1 Å². The highest BCUT2D eigenvalue weighted by Gasteiger charge is 2.05. The maximum Gasteiger partial charge on any atom is 0.271 e. The fraction of sp³-hybridized carbons (Fsp3) is 0.154. The van der Waals surface area contributed by atoms with Crippen molar-refractivity contribution >= 4 is 17.4 Å². The number of rotatable bonds is 4. The third kappa shape index (κ3) is 3.41. The molecule has 0 saturated carbocycles. The molecule has 2 aromatic rings. The van der Waals surface area contributed by atoms with Crippen molar-refractivity contribution < 1.29 is 4.79 Å². The van der Waals surface area contributed by atoms with E-state index in [0.29, 0.717) is 12.4 Å². The Hall–Kier alpha value is -2.63. The third-order valence-electron chi connectivity index (χ3n) is 2.55. The fourth-order valence-corrected chi connectivity index (χ4v) is 1.57. The van der Waals surface area contributed by atoms with Crippen molar-refractivity contribution in [3.63, 3.8) is 0 Å². The van der Waals surface area contributed by atoms with E-state index in [9.17, 15) is 4.79 Å². The number of hydrogen-bond acceptors (Lipinski definition) is 5. The van der Waals surface area contributed by atoms with Crippen LogP contribution in [0.15, 0.2) is 36.4 Å². The van der Waals surface area contributed by atoms with E-state index in [4.69, 9.17) is 5.73 Å². The van der Waals surface area contributed by atoms with Crippen molar-refractivity contribution in [2.45, 2.75) is 6.54 Å². The molecular formula is C13H15N5O. The van der Waals surface area contributed by atoms with E-state index in [0.717, 1.165) is 11.3 Å². The normalized spacial score (nSPS) is 9.95. The van der Waals surface area contributed by atoms with Crippen molar-refractivity contribution in [1.82, 2.24) is 15.5 Å². The molecule has 0 atom stereocenters. The first-order valence-corrected chi connectivity index (χ1v) is 5.83. The highest BCUT2D eigenvalue weighted by molar-refractivity contribution is 5.91. The number of amides is 1. The predicted octanol–water partition coefficient (Wildman–Crippen LogP) is 1.03. The van der Waals surface area contributed by atoms with E-state index in [1.807, 2.05) is 24.3 Å². The molecule has 1 aromatic carbocycles. The second kappa shape index (κ2) is 5.81. The molecule has 4 N–H and O–H groups in total. The molecule has 0 fully saturated rings. The second-order valence-corrected chi connectivity index (χ2v) is 3.98. The lowest BCUT2D eigenvalue weighted by Crippen LogP contribution is -2.19. The van der Waals surface area contributed by atoms with Gasteiger partial charge in [0.05, 0.1) is 0 Å². The molecule has 0 aliphatic carbocycles. The zero-order valence-electron chi connectivity index (χ0n) is 10.6. The molecule has 1 amide bonds. The topological polar surface area (TPSA) is 92.9 Å². The molecule has 0 spiro atoms. The van der Waals surface area contributed by atoms with Crippen LogP contribution in [0.25, 0.3) is 0 Å². The summed E-state index contributed by atoms with van der Waals surface area (Å²) in [4.78, 5) is 11.3. The van der Waals surface area contributed by atoms with Gasteiger partial charge < -0.3 is 16.4 Å². The highest BCUT2D eigenvalue weighted by Crippen LogP contribution is 2.09. The first-order valence-electron chi connectivity index (χ1n) is 5.83. The van der Waals surface area contributed by atoms with Crippen LogP contribution in [0.2, 0.25) is 0 Å². The molecule has 98 valence electrons. The molecule has 0 aliphatic heterocycles. The van der Waals surface area contributed by atoms with Gasteiger partial charge in [-0.2, -0.15) is 0 Å². The zero-order valence-corrected chi connectivity index (χ0v) is 10.6. The minimum atomic E-state index is -0.255. The van der Waals surface area contributed by atoms with E-state index in [1.54, 1.807) is 19.2 Å². The van der Waals surface area contributed by atoms with Gasteiger partial charge in [0.15, 0.2) is 5.69 Å².